The van der Waals surface area contributed by atoms with Gasteiger partial charge in [0, 0.05) is 30.4 Å². The van der Waals surface area contributed by atoms with E-state index in [0.717, 1.165) is 50.1 Å². The van der Waals surface area contributed by atoms with E-state index in [4.69, 9.17) is 4.74 Å². The molecule has 3 aromatic rings. The summed E-state index contributed by atoms with van der Waals surface area (Å²) in [5, 5.41) is 1.20. The summed E-state index contributed by atoms with van der Waals surface area (Å²) in [5.41, 5.74) is 2.69. The van der Waals surface area contributed by atoms with Gasteiger partial charge in [-0.1, -0.05) is 18.2 Å². The zero-order valence-electron chi connectivity index (χ0n) is 17.5. The van der Waals surface area contributed by atoms with Crippen LogP contribution in [0.15, 0.2) is 60.8 Å². The van der Waals surface area contributed by atoms with Gasteiger partial charge in [0.15, 0.2) is 0 Å². The molecule has 0 aliphatic carbocycles. The first kappa shape index (κ1) is 20.1. The molecule has 0 radical (unpaired) electrons. The van der Waals surface area contributed by atoms with Crippen molar-refractivity contribution in [2.75, 3.05) is 31.1 Å². The maximum Gasteiger partial charge on any atom is 0.253 e. The molecule has 1 spiro atoms. The van der Waals surface area contributed by atoms with Crippen LogP contribution in [0.4, 0.5) is 10.1 Å². The minimum absolute atomic E-state index is 0.0680. The first-order valence-corrected chi connectivity index (χ1v) is 10.9. The molecule has 31 heavy (non-hydrogen) atoms. The van der Waals surface area contributed by atoms with Crippen LogP contribution in [0.2, 0.25) is 0 Å². The average molecular weight is 420 g/mol. The fraction of sp³-hybridized carbons (Fsp3) is 0.360. The lowest BCUT2D eigenvalue weighted by atomic mass is 9.92. The molecule has 6 heteroatoms. The van der Waals surface area contributed by atoms with E-state index in [1.165, 1.54) is 23.1 Å². The average Bonchev–Trinajstić information content (AvgIpc) is 2.99. The van der Waals surface area contributed by atoms with Crippen LogP contribution in [0.5, 0.6) is 0 Å². The number of carbonyl (C=O) groups excluding carboxylic acids is 1. The van der Waals surface area contributed by atoms with Crippen LogP contribution >= 0.6 is 0 Å². The molecule has 2 aliphatic rings. The number of aromatic nitrogens is 1. The van der Waals surface area contributed by atoms with Crippen LogP contribution in [0.3, 0.4) is 0 Å². The third-order valence-electron chi connectivity index (χ3n) is 6.51. The van der Waals surface area contributed by atoms with Gasteiger partial charge >= 0.3 is 0 Å². The molecule has 0 N–H and O–H groups in total. The number of likely N-dealkylation sites (tertiary alicyclic amines) is 1. The fourth-order valence-electron chi connectivity index (χ4n) is 4.79. The van der Waals surface area contributed by atoms with Gasteiger partial charge in [0.1, 0.15) is 12.4 Å². The van der Waals surface area contributed by atoms with E-state index < -0.39 is 0 Å². The number of nitrogens with zero attached hydrogens (tertiary/aromatic N) is 3. The summed E-state index contributed by atoms with van der Waals surface area (Å²) in [6.07, 6.45) is 4.66. The zero-order valence-corrected chi connectivity index (χ0v) is 17.5. The number of anilines is 1. The van der Waals surface area contributed by atoms with Crippen LogP contribution in [0, 0.1) is 5.82 Å². The normalized spacial score (nSPS) is 22.7. The van der Waals surface area contributed by atoms with Gasteiger partial charge in [0.2, 0.25) is 0 Å². The molecule has 2 saturated heterocycles. The highest BCUT2D eigenvalue weighted by molar-refractivity contribution is 5.95. The van der Waals surface area contributed by atoms with Gasteiger partial charge in [-0.3, -0.25) is 14.7 Å². The van der Waals surface area contributed by atoms with Crippen LogP contribution in [0.1, 0.15) is 24.8 Å². The number of rotatable bonds is 3. The molecule has 1 aromatic heterocycles. The molecular formula is C25H26FN3O2. The molecule has 0 unspecified atom stereocenters. The summed E-state index contributed by atoms with van der Waals surface area (Å²) >= 11 is 0. The van der Waals surface area contributed by atoms with Crippen molar-refractivity contribution in [3.8, 4) is 0 Å². The van der Waals surface area contributed by atoms with Crippen molar-refractivity contribution in [3.63, 3.8) is 0 Å². The number of ether oxygens (including phenoxy) is 1. The van der Waals surface area contributed by atoms with E-state index in [9.17, 15) is 9.18 Å². The number of fused-ring (bicyclic) bond motifs is 1. The van der Waals surface area contributed by atoms with Crippen molar-refractivity contribution >= 4 is 22.5 Å². The SMILES string of the molecule is O=C1CO[C@@]2(CCCN(Cc3ccnc4ccccc34)CC2)CN1c1ccc(F)cc1. The highest BCUT2D eigenvalue weighted by Gasteiger charge is 2.41. The highest BCUT2D eigenvalue weighted by atomic mass is 19.1. The number of para-hydroxylation sites is 1. The van der Waals surface area contributed by atoms with E-state index in [0.29, 0.717) is 6.54 Å². The van der Waals surface area contributed by atoms with Crippen LogP contribution in [-0.2, 0) is 16.1 Å². The Bertz CT molecular complexity index is 1080. The van der Waals surface area contributed by atoms with Crippen molar-refractivity contribution in [2.24, 2.45) is 0 Å². The molecule has 1 atom stereocenters. The molecule has 0 saturated carbocycles. The summed E-state index contributed by atoms with van der Waals surface area (Å²) in [6.45, 7) is 3.37. The summed E-state index contributed by atoms with van der Waals surface area (Å²) in [6, 6.07) is 16.5. The van der Waals surface area contributed by atoms with E-state index in [1.807, 2.05) is 18.3 Å². The minimum Gasteiger partial charge on any atom is -0.363 e. The van der Waals surface area contributed by atoms with Gasteiger partial charge in [-0.05, 0) is 67.8 Å². The van der Waals surface area contributed by atoms with Gasteiger partial charge in [-0.2, -0.15) is 0 Å². The summed E-state index contributed by atoms with van der Waals surface area (Å²) in [5.74, 6) is -0.366. The summed E-state index contributed by atoms with van der Waals surface area (Å²) < 4.78 is 19.5. The smallest absolute Gasteiger partial charge is 0.253 e. The van der Waals surface area contributed by atoms with Crippen molar-refractivity contribution < 1.29 is 13.9 Å². The van der Waals surface area contributed by atoms with Gasteiger partial charge < -0.3 is 9.64 Å². The minimum atomic E-state index is -0.350. The standard InChI is InChI=1S/C25H26FN3O2/c26-20-6-8-21(9-7-20)29-18-25(31-17-24(29)30)11-3-14-28(15-12-25)16-19-10-13-27-23-5-2-1-4-22(19)23/h1-2,4-10,13H,3,11-12,14-18H2/t25-/m1/s1. The van der Waals surface area contributed by atoms with Crippen LogP contribution < -0.4 is 4.90 Å². The number of pyridine rings is 1. The molecule has 2 aromatic carbocycles. The quantitative estimate of drug-likeness (QED) is 0.640. The number of carbonyl (C=O) groups is 1. The molecule has 2 aliphatic heterocycles. The van der Waals surface area contributed by atoms with Gasteiger partial charge in [-0.25, -0.2) is 4.39 Å². The Labute approximate surface area is 181 Å². The molecule has 160 valence electrons. The molecule has 1 amide bonds. The summed E-state index contributed by atoms with van der Waals surface area (Å²) in [4.78, 5) is 21.2. The number of morpholine rings is 1. The molecule has 5 rings (SSSR count). The second-order valence-corrected chi connectivity index (χ2v) is 8.54. The number of halogens is 1. The Kier molecular flexibility index (Phi) is 5.42. The topological polar surface area (TPSA) is 45.7 Å². The molecule has 5 nitrogen and oxygen atoms in total. The van der Waals surface area contributed by atoms with E-state index in [-0.39, 0.29) is 23.9 Å². The van der Waals surface area contributed by atoms with Crippen molar-refractivity contribution in [2.45, 2.75) is 31.4 Å². The first-order valence-electron chi connectivity index (χ1n) is 10.9. The Balaban J connectivity index is 1.30. The maximum absolute atomic E-state index is 13.3. The van der Waals surface area contributed by atoms with E-state index >= 15 is 0 Å². The van der Waals surface area contributed by atoms with E-state index in [2.05, 4.69) is 28.1 Å². The monoisotopic (exact) mass is 419 g/mol. The largest absolute Gasteiger partial charge is 0.363 e. The Morgan fingerprint density at radius 1 is 1.03 bits per heavy atom. The molecule has 2 fully saturated rings. The number of hydrogen-bond donors (Lipinski definition) is 0. The third kappa shape index (κ3) is 4.18. The summed E-state index contributed by atoms with van der Waals surface area (Å²) in [7, 11) is 0. The lowest BCUT2D eigenvalue weighted by molar-refractivity contribution is -0.140. The Morgan fingerprint density at radius 3 is 2.74 bits per heavy atom. The van der Waals surface area contributed by atoms with Crippen molar-refractivity contribution in [3.05, 3.63) is 72.2 Å². The predicted molar refractivity (Wildman–Crippen MR) is 118 cm³/mol. The second-order valence-electron chi connectivity index (χ2n) is 8.54. The predicted octanol–water partition coefficient (Wildman–Crippen LogP) is 4.16. The fourth-order valence-corrected chi connectivity index (χ4v) is 4.79. The van der Waals surface area contributed by atoms with Crippen LogP contribution in [-0.4, -0.2) is 47.6 Å². The molecule has 3 heterocycles. The van der Waals surface area contributed by atoms with Crippen LogP contribution in [0.25, 0.3) is 10.9 Å². The number of hydrogen-bond acceptors (Lipinski definition) is 4. The van der Waals surface area contributed by atoms with Crippen molar-refractivity contribution in [1.29, 1.82) is 0 Å². The number of amides is 1. The van der Waals surface area contributed by atoms with Crippen molar-refractivity contribution in [1.82, 2.24) is 9.88 Å². The highest BCUT2D eigenvalue weighted by Crippen LogP contribution is 2.33. The van der Waals surface area contributed by atoms with Gasteiger partial charge in [-0.15, -0.1) is 0 Å². The molecule has 0 bridgehead atoms. The van der Waals surface area contributed by atoms with Gasteiger partial charge in [0.05, 0.1) is 17.7 Å². The first-order chi connectivity index (χ1) is 15.1. The molecular weight excluding hydrogens is 393 g/mol. The van der Waals surface area contributed by atoms with Gasteiger partial charge in [0.25, 0.3) is 5.91 Å². The third-order valence-corrected chi connectivity index (χ3v) is 6.51. The Hall–Kier alpha value is -2.83. The lowest BCUT2D eigenvalue weighted by Gasteiger charge is -2.42. The maximum atomic E-state index is 13.3. The number of benzene rings is 2. The lowest BCUT2D eigenvalue weighted by Crippen LogP contribution is -2.55. The second kappa shape index (κ2) is 8.36. The Morgan fingerprint density at radius 2 is 1.87 bits per heavy atom. The van der Waals surface area contributed by atoms with E-state index in [1.54, 1.807) is 17.0 Å². The zero-order chi connectivity index (χ0) is 21.3.